The van der Waals surface area contributed by atoms with E-state index in [4.69, 9.17) is 0 Å². The minimum absolute atomic E-state index is 0. The van der Waals surface area contributed by atoms with Crippen molar-refractivity contribution in [1.82, 2.24) is 0 Å². The Morgan fingerprint density at radius 3 is 0.721 bits per heavy atom. The Balaban J connectivity index is -0.000000167. The lowest BCUT2D eigenvalue weighted by Crippen LogP contribution is -2.30. The molecule has 0 spiro atoms. The molecule has 5 aliphatic carbocycles. The average molecular weight is 1030 g/mol. The van der Waals surface area contributed by atoms with E-state index < -0.39 is 29.5 Å². The van der Waals surface area contributed by atoms with Crippen molar-refractivity contribution in [3.8, 4) is 0 Å². The second kappa shape index (κ2) is 42.3. The van der Waals surface area contributed by atoms with Crippen molar-refractivity contribution >= 4 is 46.3 Å². The third-order valence-corrected chi connectivity index (χ3v) is 23.4. The summed E-state index contributed by atoms with van der Waals surface area (Å²) in [5.41, 5.74) is 0. The molecule has 6 radical (unpaired) electrons. The molecule has 11 heteroatoms. The first-order valence-electron chi connectivity index (χ1n) is 25.4. The molecule has 0 amide bonds. The fraction of sp³-hybridized carbons (Fsp3) is 1.00. The number of unbranched alkanes of at least 4 members (excludes halogenated alkanes) is 3. The lowest BCUT2D eigenvalue weighted by Gasteiger charge is -2.33. The Hall–Kier alpha value is -0.0201. The van der Waals surface area contributed by atoms with Crippen molar-refractivity contribution in [2.45, 2.75) is 308 Å². The Kier molecular flexibility index (Phi) is 51.1. The molecule has 0 unspecified atom stereocenters. The van der Waals surface area contributed by atoms with E-state index in [2.05, 4.69) is 27.7 Å². The summed E-state index contributed by atoms with van der Waals surface area (Å²) in [4.78, 5) is 0. The zero-order chi connectivity index (χ0) is 42.0. The summed E-state index contributed by atoms with van der Waals surface area (Å²) in [5.74, 6) is 7.20. The lowest BCUT2D eigenvalue weighted by atomic mass is 9.74. The molecule has 0 saturated heterocycles. The molecular weight excluding hydrogens is 898 g/mol. The molecule has 5 saturated carbocycles. The number of sulfone groups is 3. The zero-order valence-electron chi connectivity index (χ0n) is 39.4. The molecule has 0 aromatic rings. The third-order valence-electron chi connectivity index (χ3n) is 16.4. The molecule has 6 nitrogen and oxygen atoms in total. The summed E-state index contributed by atoms with van der Waals surface area (Å²) in [6.45, 7) is 8.53. The summed E-state index contributed by atoms with van der Waals surface area (Å²) in [5, 5.41) is -0.140. The predicted octanol–water partition coefficient (Wildman–Crippen LogP) is 17.8. The van der Waals surface area contributed by atoms with Crippen molar-refractivity contribution in [2.24, 2.45) is 41.4 Å². The van der Waals surface area contributed by atoms with E-state index in [1.807, 2.05) is 0 Å². The highest BCUT2D eigenvalue weighted by molar-refractivity contribution is 7.92. The molecular formula is C57H126B2O6S3. The second-order valence-corrected chi connectivity index (χ2v) is 27.9. The van der Waals surface area contributed by atoms with E-state index >= 15 is 0 Å². The van der Waals surface area contributed by atoms with Gasteiger partial charge in [0.1, 0.15) is 0 Å². The highest BCUT2D eigenvalue weighted by Crippen LogP contribution is 2.41. The molecule has 0 aromatic carbocycles. The zero-order valence-corrected chi connectivity index (χ0v) is 41.8. The number of rotatable bonds is 21. The molecule has 68 heavy (non-hydrogen) atoms. The van der Waals surface area contributed by atoms with E-state index in [9.17, 15) is 25.3 Å². The second-order valence-electron chi connectivity index (χ2n) is 20.7. The Morgan fingerprint density at radius 2 is 0.500 bits per heavy atom. The molecule has 0 bridgehead atoms. The minimum Gasteiger partial charge on any atom is -0.229 e. The van der Waals surface area contributed by atoms with Gasteiger partial charge >= 0.3 is 0 Å². The molecule has 0 aromatic heterocycles. The van der Waals surface area contributed by atoms with Gasteiger partial charge in [0.25, 0.3) is 0 Å². The first-order valence-corrected chi connectivity index (χ1v) is 30.6. The van der Waals surface area contributed by atoms with Crippen molar-refractivity contribution < 1.29 is 26.7 Å². The van der Waals surface area contributed by atoms with Gasteiger partial charge in [-0.15, -0.1) is 0 Å². The van der Waals surface area contributed by atoms with Crippen molar-refractivity contribution in [2.75, 3.05) is 17.3 Å². The maximum atomic E-state index is 12.5. The normalized spacial score (nSPS) is 28.1. The largest absolute Gasteiger partial charge is 0.229 e. The fourth-order valence-electron chi connectivity index (χ4n) is 11.9. The summed E-state index contributed by atoms with van der Waals surface area (Å²) in [7, 11) is -8.54. The first kappa shape index (κ1) is 82.0. The van der Waals surface area contributed by atoms with Gasteiger partial charge in [0.15, 0.2) is 29.5 Å². The Bertz CT molecular complexity index is 1370. The van der Waals surface area contributed by atoms with E-state index in [1.54, 1.807) is 0 Å². The van der Waals surface area contributed by atoms with Gasteiger partial charge in [0.05, 0.1) is 33.0 Å². The highest BCUT2D eigenvalue weighted by Gasteiger charge is 2.34. The summed E-state index contributed by atoms with van der Waals surface area (Å²) in [6.07, 6.45) is 36.9. The highest BCUT2D eigenvalue weighted by atomic mass is 32.2. The van der Waals surface area contributed by atoms with Gasteiger partial charge in [-0.2, -0.15) is 0 Å². The van der Waals surface area contributed by atoms with Gasteiger partial charge in [-0.3, -0.25) is 0 Å². The van der Waals surface area contributed by atoms with Crippen LogP contribution in [0.1, 0.15) is 294 Å². The first-order chi connectivity index (χ1) is 27.8. The average Bonchev–Trinajstić information content (AvgIpc) is 3.24. The Labute approximate surface area is 437 Å². The van der Waals surface area contributed by atoms with Gasteiger partial charge in [0.2, 0.25) is 0 Å². The number of hydrogen-bond donors (Lipinski definition) is 0. The van der Waals surface area contributed by atoms with Crippen LogP contribution in [0.15, 0.2) is 0 Å². The van der Waals surface area contributed by atoms with Crippen LogP contribution < -0.4 is 0 Å². The molecule has 414 valence electrons. The van der Waals surface area contributed by atoms with Crippen LogP contribution in [0.25, 0.3) is 0 Å². The molecule has 0 N–H and O–H groups in total. The van der Waals surface area contributed by atoms with Crippen LogP contribution in [0.4, 0.5) is 0 Å². The van der Waals surface area contributed by atoms with Crippen molar-refractivity contribution in [3.05, 3.63) is 0 Å². The summed E-state index contributed by atoms with van der Waals surface area (Å²) < 4.78 is 74.6. The van der Waals surface area contributed by atoms with Crippen LogP contribution in [-0.2, 0) is 29.5 Å². The SMILES string of the molecule is C.C.C.C.C.C.C.C.CCCCS(=O)(=O)C1CCC(CC2CCC(CC)CC2)CC1.CCCCS(=O)(=O)C1CCC(CCC2CCC(CCC3CCC(S(=O)(=O)CCCC)CC3)CC2)CC1.[2HH].[B].[B]. The molecule has 0 atom stereocenters. The van der Waals surface area contributed by atoms with Crippen LogP contribution in [0, 0.1) is 41.4 Å². The third kappa shape index (κ3) is 28.4. The summed E-state index contributed by atoms with van der Waals surface area (Å²) in [6, 6.07) is 0. The smallest absolute Gasteiger partial charge is 0.153 e. The van der Waals surface area contributed by atoms with Crippen LogP contribution in [0.3, 0.4) is 0 Å². The molecule has 0 aliphatic heterocycles. The van der Waals surface area contributed by atoms with Gasteiger partial charge in [-0.05, 0) is 144 Å². The molecule has 5 fully saturated rings. The van der Waals surface area contributed by atoms with E-state index in [0.29, 0.717) is 17.3 Å². The monoisotopic (exact) mass is 1030 g/mol. The van der Waals surface area contributed by atoms with E-state index in [1.165, 1.54) is 89.9 Å². The summed E-state index contributed by atoms with van der Waals surface area (Å²) >= 11 is 0. The standard InChI is InChI=1S/C30H56O4S2.C19H36O2S.8CH4.2B.H2/c1-3-5-23-35(31,32)29-19-15-27(16-20-29)13-11-25-7-9-26(10-8-25)12-14-28-17-21-30(22-18-28)36(33,34)24-6-4-2;1-3-5-14-22(20,21)19-12-10-18(11-13-19)15-17-8-6-16(4-2)7-9-17;;;;;;;;;;;/h25-30H,3-24H2,1-2H3;16-19H,3-15H2,1-2H3;8*1H4;;;1H/i;;;;;;;;;;;;1+1. The minimum atomic E-state index is -2.86. The van der Waals surface area contributed by atoms with Crippen LogP contribution in [0.5, 0.6) is 0 Å². The van der Waals surface area contributed by atoms with Gasteiger partial charge < -0.3 is 0 Å². The van der Waals surface area contributed by atoms with E-state index in [-0.39, 0.29) is 93.4 Å². The Morgan fingerprint density at radius 1 is 0.309 bits per heavy atom. The van der Waals surface area contributed by atoms with Crippen LogP contribution in [-0.4, -0.2) is 75.1 Å². The van der Waals surface area contributed by atoms with Gasteiger partial charge in [-0.1, -0.05) is 190 Å². The van der Waals surface area contributed by atoms with Gasteiger partial charge in [-0.25, -0.2) is 25.3 Å². The van der Waals surface area contributed by atoms with Crippen molar-refractivity contribution in [3.63, 3.8) is 0 Å². The quantitative estimate of drug-likeness (QED) is 0.106. The van der Waals surface area contributed by atoms with Gasteiger partial charge in [0, 0.05) is 18.3 Å². The lowest BCUT2D eigenvalue weighted by molar-refractivity contribution is 0.209. The van der Waals surface area contributed by atoms with Crippen LogP contribution >= 0.6 is 0 Å². The molecule has 0 heterocycles. The number of hydrogen-bond acceptors (Lipinski definition) is 6. The van der Waals surface area contributed by atoms with Crippen molar-refractivity contribution in [1.29, 1.82) is 0 Å². The van der Waals surface area contributed by atoms with E-state index in [0.717, 1.165) is 157 Å². The maximum Gasteiger partial charge on any atom is 0.153 e. The fourth-order valence-corrected chi connectivity index (χ4v) is 18.0. The predicted molar refractivity (Wildman–Crippen MR) is 315 cm³/mol. The maximum absolute atomic E-state index is 12.5. The van der Waals surface area contributed by atoms with Crippen LogP contribution in [0.2, 0.25) is 0 Å². The molecule has 5 rings (SSSR count). The topological polar surface area (TPSA) is 102 Å². The molecule has 5 aliphatic rings.